The normalized spacial score (nSPS) is 21.6. The lowest BCUT2D eigenvalue weighted by molar-refractivity contribution is -0.137. The minimum atomic E-state index is -4.50. The molecule has 4 rings (SSSR count). The van der Waals surface area contributed by atoms with E-state index in [1.165, 1.54) is 11.0 Å². The second kappa shape index (κ2) is 9.38. The minimum Gasteiger partial charge on any atom is -0.392 e. The van der Waals surface area contributed by atoms with Crippen LogP contribution in [0, 0.1) is 0 Å². The van der Waals surface area contributed by atoms with Gasteiger partial charge in [0.05, 0.1) is 35.6 Å². The van der Waals surface area contributed by atoms with Crippen LogP contribution in [0.4, 0.5) is 18.9 Å². The maximum atomic E-state index is 13.3. The summed E-state index contributed by atoms with van der Waals surface area (Å²) in [5.74, 6) is -0.179. The number of benzene rings is 2. The summed E-state index contributed by atoms with van der Waals surface area (Å²) in [7, 11) is -1.34. The second-order valence-electron chi connectivity index (χ2n) is 8.93. The number of nitrogens with one attached hydrogen (secondary N) is 1. The molecule has 1 saturated heterocycles. The van der Waals surface area contributed by atoms with Crippen LogP contribution in [-0.4, -0.2) is 62.7 Å². The first-order valence-corrected chi connectivity index (χ1v) is 12.6. The van der Waals surface area contributed by atoms with Crippen molar-refractivity contribution in [3.05, 3.63) is 64.7 Å². The molecule has 0 aromatic heterocycles. The highest BCUT2D eigenvalue weighted by Gasteiger charge is 2.33. The SMILES string of the molecule is CN(C(=O)Cc1ccc2c(c1)NS(O)(O)C2)[C@H](CN1CC[C@H](O)C1)c1cccc(C(F)(F)F)c1. The summed E-state index contributed by atoms with van der Waals surface area (Å²) < 4.78 is 62.4. The number of carbonyl (C=O) groups is 1. The van der Waals surface area contributed by atoms with E-state index in [-0.39, 0.29) is 18.1 Å². The summed E-state index contributed by atoms with van der Waals surface area (Å²) in [5, 5.41) is 9.88. The van der Waals surface area contributed by atoms with E-state index < -0.39 is 34.7 Å². The molecule has 0 aliphatic carbocycles. The Hall–Kier alpha value is -2.31. The maximum absolute atomic E-state index is 13.3. The average Bonchev–Trinajstić information content (AvgIpc) is 3.31. The number of fused-ring (bicyclic) bond motifs is 1. The van der Waals surface area contributed by atoms with Gasteiger partial charge in [-0.25, -0.2) is 0 Å². The lowest BCUT2D eigenvalue weighted by Gasteiger charge is -2.32. The first-order chi connectivity index (χ1) is 15.9. The van der Waals surface area contributed by atoms with E-state index in [1.54, 1.807) is 31.3 Å². The van der Waals surface area contributed by atoms with Crippen LogP contribution in [0.3, 0.4) is 0 Å². The number of hydrogen-bond acceptors (Lipinski definition) is 6. The van der Waals surface area contributed by atoms with E-state index in [9.17, 15) is 32.2 Å². The zero-order chi connectivity index (χ0) is 24.7. The number of aliphatic hydroxyl groups excluding tert-OH is 1. The van der Waals surface area contributed by atoms with Crippen LogP contribution in [0.15, 0.2) is 42.5 Å². The number of alkyl halides is 3. The van der Waals surface area contributed by atoms with Crippen molar-refractivity contribution in [3.8, 4) is 0 Å². The quantitative estimate of drug-likeness (QED) is 0.478. The van der Waals surface area contributed by atoms with Crippen molar-refractivity contribution in [2.24, 2.45) is 0 Å². The van der Waals surface area contributed by atoms with Gasteiger partial charge in [0.2, 0.25) is 5.91 Å². The third-order valence-electron chi connectivity index (χ3n) is 6.30. The number of carbonyl (C=O) groups excluding carboxylic acids is 1. The summed E-state index contributed by atoms with van der Waals surface area (Å²) >= 11 is 0. The predicted octanol–water partition coefficient (Wildman–Crippen LogP) is 4.11. The molecular weight excluding hydrogens is 471 g/mol. The van der Waals surface area contributed by atoms with Gasteiger partial charge in [-0.1, -0.05) is 24.3 Å². The molecule has 2 aromatic carbocycles. The smallest absolute Gasteiger partial charge is 0.392 e. The Bertz CT molecular complexity index is 1070. The van der Waals surface area contributed by atoms with Crippen LogP contribution in [0.5, 0.6) is 0 Å². The monoisotopic (exact) mass is 499 g/mol. The van der Waals surface area contributed by atoms with E-state index >= 15 is 0 Å². The largest absolute Gasteiger partial charge is 0.416 e. The Morgan fingerprint density at radius 1 is 1.26 bits per heavy atom. The molecule has 1 fully saturated rings. The Balaban J connectivity index is 1.55. The average molecular weight is 500 g/mol. The fourth-order valence-corrected chi connectivity index (χ4v) is 5.75. The summed E-state index contributed by atoms with van der Waals surface area (Å²) in [5.41, 5.74) is 1.56. The molecule has 2 atom stereocenters. The zero-order valence-corrected chi connectivity index (χ0v) is 19.4. The summed E-state index contributed by atoms with van der Waals surface area (Å²) in [4.78, 5) is 16.6. The van der Waals surface area contributed by atoms with Gasteiger partial charge in [-0.15, -0.1) is 10.8 Å². The summed E-state index contributed by atoms with van der Waals surface area (Å²) in [6.45, 7) is 1.30. The van der Waals surface area contributed by atoms with E-state index in [2.05, 4.69) is 4.72 Å². The number of aliphatic hydroxyl groups is 1. The number of amides is 1. The van der Waals surface area contributed by atoms with Crippen LogP contribution in [0.1, 0.15) is 34.7 Å². The molecule has 0 bridgehead atoms. The molecule has 7 nitrogen and oxygen atoms in total. The molecule has 11 heteroatoms. The van der Waals surface area contributed by atoms with Crippen LogP contribution < -0.4 is 4.72 Å². The van der Waals surface area contributed by atoms with Crippen molar-refractivity contribution in [2.45, 2.75) is 36.9 Å². The molecule has 0 spiro atoms. The van der Waals surface area contributed by atoms with Crippen LogP contribution in [0.25, 0.3) is 0 Å². The molecule has 0 unspecified atom stereocenters. The Morgan fingerprint density at radius 2 is 2.03 bits per heavy atom. The van der Waals surface area contributed by atoms with Gasteiger partial charge in [0, 0.05) is 26.7 Å². The molecule has 2 aromatic rings. The minimum absolute atomic E-state index is 0.00272. The standard InChI is InChI=1S/C23H28F3N3O4S/c1-28(22(31)10-15-5-6-17-14-34(32,33)27-20(17)9-15)21(13-29-8-7-19(30)12-29)16-3-2-4-18(11-16)23(24,25)26/h2-6,9,11,19,21,27,30,32-33H,7-8,10,12-14H2,1H3/t19-,21+/m0/s1. The van der Waals surface area contributed by atoms with Crippen molar-refractivity contribution < 1.29 is 32.2 Å². The van der Waals surface area contributed by atoms with Gasteiger partial charge < -0.3 is 10.0 Å². The van der Waals surface area contributed by atoms with Crippen LogP contribution in [0.2, 0.25) is 0 Å². The van der Waals surface area contributed by atoms with Gasteiger partial charge in [-0.05, 0) is 41.3 Å². The molecule has 2 aliphatic heterocycles. The lowest BCUT2D eigenvalue weighted by atomic mass is 10.0. The summed E-state index contributed by atoms with van der Waals surface area (Å²) in [6, 6.07) is 9.53. The second-order valence-corrected chi connectivity index (χ2v) is 10.8. The Morgan fingerprint density at radius 3 is 2.71 bits per heavy atom. The molecular formula is C23H28F3N3O4S. The van der Waals surface area contributed by atoms with E-state index in [4.69, 9.17) is 0 Å². The van der Waals surface area contributed by atoms with E-state index in [1.807, 2.05) is 4.90 Å². The Kier molecular flexibility index (Phi) is 6.85. The van der Waals surface area contributed by atoms with Gasteiger partial charge in [0.25, 0.3) is 0 Å². The van der Waals surface area contributed by atoms with Crippen molar-refractivity contribution in [1.29, 1.82) is 0 Å². The fraction of sp³-hybridized carbons (Fsp3) is 0.435. The number of rotatable bonds is 6. The number of halogens is 3. The zero-order valence-electron chi connectivity index (χ0n) is 18.6. The highest BCUT2D eigenvalue weighted by Crippen LogP contribution is 2.50. The summed E-state index contributed by atoms with van der Waals surface area (Å²) in [6.07, 6.45) is -4.41. The third kappa shape index (κ3) is 5.66. The third-order valence-corrected chi connectivity index (χ3v) is 7.56. The number of likely N-dealkylation sites (tertiary alicyclic amines) is 1. The molecule has 2 heterocycles. The van der Waals surface area contributed by atoms with Gasteiger partial charge in [0.1, 0.15) is 0 Å². The van der Waals surface area contributed by atoms with Gasteiger partial charge >= 0.3 is 6.18 Å². The molecule has 0 radical (unpaired) electrons. The molecule has 1 amide bonds. The first-order valence-electron chi connectivity index (χ1n) is 10.9. The van der Waals surface area contributed by atoms with Crippen molar-refractivity contribution >= 4 is 22.4 Å². The fourth-order valence-electron chi connectivity index (χ4n) is 4.45. The topological polar surface area (TPSA) is 96.3 Å². The van der Waals surface area contributed by atoms with Crippen molar-refractivity contribution in [1.82, 2.24) is 9.80 Å². The first kappa shape index (κ1) is 24.8. The predicted molar refractivity (Wildman–Crippen MR) is 124 cm³/mol. The highest BCUT2D eigenvalue weighted by molar-refractivity contribution is 8.25. The Labute approximate surface area is 197 Å². The molecule has 0 saturated carbocycles. The number of anilines is 1. The number of nitrogens with zero attached hydrogens (tertiary/aromatic N) is 2. The lowest BCUT2D eigenvalue weighted by Crippen LogP contribution is -2.39. The number of hydrogen-bond donors (Lipinski definition) is 4. The van der Waals surface area contributed by atoms with Crippen LogP contribution in [-0.2, 0) is 23.1 Å². The van der Waals surface area contributed by atoms with Crippen LogP contribution >= 0.6 is 10.8 Å². The number of likely N-dealkylation sites (N-methyl/N-ethyl adjacent to an activating group) is 1. The maximum Gasteiger partial charge on any atom is 0.416 e. The van der Waals surface area contributed by atoms with Gasteiger partial charge in [-0.2, -0.15) is 13.2 Å². The molecule has 34 heavy (non-hydrogen) atoms. The van der Waals surface area contributed by atoms with E-state index in [0.29, 0.717) is 42.9 Å². The van der Waals surface area contributed by atoms with Gasteiger partial charge in [-0.3, -0.25) is 23.5 Å². The molecule has 4 N–H and O–H groups in total. The van der Waals surface area contributed by atoms with Gasteiger partial charge in [0.15, 0.2) is 0 Å². The van der Waals surface area contributed by atoms with E-state index in [0.717, 1.165) is 17.7 Å². The van der Waals surface area contributed by atoms with Crippen molar-refractivity contribution in [3.63, 3.8) is 0 Å². The van der Waals surface area contributed by atoms with Crippen molar-refractivity contribution in [2.75, 3.05) is 31.4 Å². The highest BCUT2D eigenvalue weighted by atomic mass is 32.3. The number of β-amino-alcohol motifs (C(OH)–C–C–N with tert-alkyl or cyclic N) is 1. The molecule has 2 aliphatic rings. The molecule has 186 valence electrons.